The average molecular weight is 452 g/mol. The van der Waals surface area contributed by atoms with Gasteiger partial charge in [-0.2, -0.15) is 8.42 Å². The van der Waals surface area contributed by atoms with Crippen LogP contribution in [0, 0.1) is 6.92 Å². The van der Waals surface area contributed by atoms with Crippen molar-refractivity contribution in [3.05, 3.63) is 51.5 Å². The summed E-state index contributed by atoms with van der Waals surface area (Å²) in [6.45, 7) is 2.53. The van der Waals surface area contributed by atoms with Crippen molar-refractivity contribution in [2.75, 3.05) is 16.8 Å². The summed E-state index contributed by atoms with van der Waals surface area (Å²) in [5.74, 6) is 0.0242. The molecule has 1 N–H and O–H groups in total. The Balaban J connectivity index is 1.73. The van der Waals surface area contributed by atoms with Gasteiger partial charge >= 0.3 is 0 Å². The van der Waals surface area contributed by atoms with Crippen molar-refractivity contribution >= 4 is 56.3 Å². The number of aryl methyl sites for hydroxylation is 1. The van der Waals surface area contributed by atoms with Crippen LogP contribution in [-0.4, -0.2) is 26.7 Å². The summed E-state index contributed by atoms with van der Waals surface area (Å²) < 4.78 is 29.5. The molecule has 0 atom stereocenters. The molecule has 1 fully saturated rings. The van der Waals surface area contributed by atoms with Gasteiger partial charge in [0.25, 0.3) is 15.9 Å². The summed E-state index contributed by atoms with van der Waals surface area (Å²) in [6.07, 6.45) is 3.45. The zero-order valence-electron chi connectivity index (χ0n) is 15.7. The Bertz CT molecular complexity index is 1150. The maximum absolute atomic E-state index is 12.8. The van der Waals surface area contributed by atoms with Crippen LogP contribution >= 0.6 is 23.2 Å². The van der Waals surface area contributed by atoms with E-state index in [1.54, 1.807) is 24.3 Å². The summed E-state index contributed by atoms with van der Waals surface area (Å²) in [5, 5.41) is 3.41. The Morgan fingerprint density at radius 1 is 1.10 bits per heavy atom. The summed E-state index contributed by atoms with van der Waals surface area (Å²) >= 11 is 12.5. The fraction of sp³-hybridized carbons (Fsp3) is 0.300. The molecule has 2 aliphatic rings. The molecular formula is C20H19Cl2N3O3S. The van der Waals surface area contributed by atoms with Crippen LogP contribution in [0.5, 0.6) is 0 Å². The van der Waals surface area contributed by atoms with Gasteiger partial charge in [-0.05, 0) is 49.6 Å². The third kappa shape index (κ3) is 3.86. The van der Waals surface area contributed by atoms with Crippen LogP contribution in [0.1, 0.15) is 41.6 Å². The number of amidine groups is 1. The lowest BCUT2D eigenvalue weighted by Gasteiger charge is -2.30. The molecule has 0 unspecified atom stereocenters. The molecule has 9 heteroatoms. The second kappa shape index (κ2) is 7.63. The first-order valence-electron chi connectivity index (χ1n) is 9.29. The third-order valence-electron chi connectivity index (χ3n) is 5.11. The van der Waals surface area contributed by atoms with E-state index in [9.17, 15) is 13.2 Å². The Morgan fingerprint density at radius 2 is 1.90 bits per heavy atom. The maximum atomic E-state index is 12.8. The van der Waals surface area contributed by atoms with E-state index in [0.717, 1.165) is 24.8 Å². The van der Waals surface area contributed by atoms with E-state index in [1.807, 2.05) is 11.8 Å². The summed E-state index contributed by atoms with van der Waals surface area (Å²) in [4.78, 5) is 14.7. The Morgan fingerprint density at radius 3 is 2.66 bits per heavy atom. The molecule has 0 aliphatic carbocycles. The van der Waals surface area contributed by atoms with E-state index >= 15 is 0 Å². The SMILES string of the molecule is Cc1ccc(NC(=O)c2cc3c(cc2Cl)N2CCCCCC2=NS3(=O)=O)cc1Cl. The number of sulfonamides is 1. The third-order valence-corrected chi connectivity index (χ3v) is 7.16. The number of anilines is 2. The molecule has 4 rings (SSSR count). The van der Waals surface area contributed by atoms with Crippen molar-refractivity contribution in [3.8, 4) is 0 Å². The fourth-order valence-electron chi connectivity index (χ4n) is 3.54. The van der Waals surface area contributed by atoms with Crippen LogP contribution in [0.15, 0.2) is 39.6 Å². The van der Waals surface area contributed by atoms with Gasteiger partial charge in [-0.3, -0.25) is 4.79 Å². The van der Waals surface area contributed by atoms with Crippen molar-refractivity contribution in [3.63, 3.8) is 0 Å². The molecule has 1 saturated heterocycles. The minimum Gasteiger partial charge on any atom is -0.328 e. The van der Waals surface area contributed by atoms with Crippen molar-refractivity contribution in [2.24, 2.45) is 4.40 Å². The average Bonchev–Trinajstić information content (AvgIpc) is 2.89. The number of carbonyl (C=O) groups is 1. The monoisotopic (exact) mass is 451 g/mol. The molecule has 0 spiro atoms. The number of fused-ring (bicyclic) bond motifs is 3. The highest BCUT2D eigenvalue weighted by Crippen LogP contribution is 2.38. The van der Waals surface area contributed by atoms with Gasteiger partial charge in [0.1, 0.15) is 10.7 Å². The number of hydrogen-bond donors (Lipinski definition) is 1. The van der Waals surface area contributed by atoms with Gasteiger partial charge in [0, 0.05) is 23.7 Å². The molecule has 2 aromatic rings. The molecule has 2 heterocycles. The molecule has 0 aromatic heterocycles. The van der Waals surface area contributed by atoms with Crippen LogP contribution in [0.3, 0.4) is 0 Å². The number of benzene rings is 2. The van der Waals surface area contributed by atoms with Crippen molar-refractivity contribution < 1.29 is 13.2 Å². The second-order valence-electron chi connectivity index (χ2n) is 7.16. The Labute approximate surface area is 179 Å². The molecule has 2 aliphatic heterocycles. The van der Waals surface area contributed by atoms with E-state index in [-0.39, 0.29) is 15.5 Å². The van der Waals surface area contributed by atoms with Gasteiger partial charge < -0.3 is 10.2 Å². The number of carbonyl (C=O) groups excluding carboxylic acids is 1. The maximum Gasteiger partial charge on any atom is 0.286 e. The fourth-order valence-corrected chi connectivity index (χ4v) is 5.23. The lowest BCUT2D eigenvalue weighted by atomic mass is 10.1. The topological polar surface area (TPSA) is 78.8 Å². The zero-order chi connectivity index (χ0) is 20.8. The molecule has 2 aromatic carbocycles. The number of nitrogens with one attached hydrogen (secondary N) is 1. The first-order valence-corrected chi connectivity index (χ1v) is 11.5. The number of rotatable bonds is 2. The van der Waals surface area contributed by atoms with Gasteiger partial charge in [0.2, 0.25) is 0 Å². The molecule has 1 amide bonds. The number of nitrogens with zero attached hydrogens (tertiary/aromatic N) is 2. The van der Waals surface area contributed by atoms with Crippen LogP contribution in [0.2, 0.25) is 10.0 Å². The molecular weight excluding hydrogens is 433 g/mol. The number of amides is 1. The number of halogens is 2. The highest BCUT2D eigenvalue weighted by atomic mass is 35.5. The quantitative estimate of drug-likeness (QED) is 0.693. The normalized spacial score (nSPS) is 17.6. The first kappa shape index (κ1) is 20.2. The van der Waals surface area contributed by atoms with E-state index < -0.39 is 15.9 Å². The lowest BCUT2D eigenvalue weighted by Crippen LogP contribution is -2.35. The van der Waals surface area contributed by atoms with Crippen LogP contribution in [0.4, 0.5) is 11.4 Å². The predicted octanol–water partition coefficient (Wildman–Crippen LogP) is 5.04. The molecule has 152 valence electrons. The van der Waals surface area contributed by atoms with E-state index in [1.165, 1.54) is 6.07 Å². The first-order chi connectivity index (χ1) is 13.8. The van der Waals surface area contributed by atoms with Gasteiger partial charge in [-0.25, -0.2) is 0 Å². The van der Waals surface area contributed by atoms with Gasteiger partial charge in [-0.1, -0.05) is 35.7 Å². The highest BCUT2D eigenvalue weighted by Gasteiger charge is 2.33. The van der Waals surface area contributed by atoms with Gasteiger partial charge in [0.15, 0.2) is 0 Å². The smallest absolute Gasteiger partial charge is 0.286 e. The molecule has 0 radical (unpaired) electrons. The van der Waals surface area contributed by atoms with Crippen molar-refractivity contribution in [1.82, 2.24) is 0 Å². The minimum atomic E-state index is -3.90. The van der Waals surface area contributed by atoms with E-state index in [2.05, 4.69) is 9.71 Å². The second-order valence-corrected chi connectivity index (χ2v) is 9.55. The van der Waals surface area contributed by atoms with Gasteiger partial charge in [-0.15, -0.1) is 4.40 Å². The molecule has 0 saturated carbocycles. The van der Waals surface area contributed by atoms with E-state index in [0.29, 0.717) is 35.2 Å². The highest BCUT2D eigenvalue weighted by molar-refractivity contribution is 7.90. The lowest BCUT2D eigenvalue weighted by molar-refractivity contribution is 0.102. The van der Waals surface area contributed by atoms with Crippen molar-refractivity contribution in [2.45, 2.75) is 37.5 Å². The summed E-state index contributed by atoms with van der Waals surface area (Å²) in [6, 6.07) is 7.99. The minimum absolute atomic E-state index is 0.000335. The number of hydrogen-bond acceptors (Lipinski definition) is 4. The van der Waals surface area contributed by atoms with Crippen LogP contribution in [-0.2, 0) is 10.0 Å². The molecule has 29 heavy (non-hydrogen) atoms. The molecule has 6 nitrogen and oxygen atoms in total. The van der Waals surface area contributed by atoms with E-state index in [4.69, 9.17) is 23.2 Å². The Hall–Kier alpha value is -2.09. The molecule has 0 bridgehead atoms. The largest absolute Gasteiger partial charge is 0.328 e. The predicted molar refractivity (Wildman–Crippen MR) is 116 cm³/mol. The van der Waals surface area contributed by atoms with Crippen molar-refractivity contribution in [1.29, 1.82) is 0 Å². The van der Waals surface area contributed by atoms with Gasteiger partial charge in [0.05, 0.1) is 16.3 Å². The zero-order valence-corrected chi connectivity index (χ0v) is 18.0. The Kier molecular flexibility index (Phi) is 5.31. The standard InChI is InChI=1S/C20H19Cl2N3O3S/c1-12-6-7-13(9-15(12)21)23-20(26)14-10-18-17(11-16(14)22)25-8-4-2-3-5-19(25)24-29(18,27)28/h6-7,9-11H,2-5,8H2,1H3,(H,23,26). The van der Waals surface area contributed by atoms with Crippen LogP contribution < -0.4 is 10.2 Å². The summed E-state index contributed by atoms with van der Waals surface area (Å²) in [7, 11) is -3.90. The summed E-state index contributed by atoms with van der Waals surface area (Å²) in [5.41, 5.74) is 1.93. The van der Waals surface area contributed by atoms with Crippen LogP contribution in [0.25, 0.3) is 0 Å².